The summed E-state index contributed by atoms with van der Waals surface area (Å²) in [4.78, 5) is 15.0. The molecule has 0 fully saturated rings. The molecule has 0 aliphatic carbocycles. The van der Waals surface area contributed by atoms with Gasteiger partial charge in [0.2, 0.25) is 0 Å². The van der Waals surface area contributed by atoms with Crippen molar-refractivity contribution in [2.75, 3.05) is 0 Å². The van der Waals surface area contributed by atoms with Crippen LogP contribution < -0.4 is 0 Å². The Morgan fingerprint density at radius 1 is 0.349 bits per heavy atom. The fraction of sp³-hybridized carbons (Fsp3) is 0. The van der Waals surface area contributed by atoms with Crippen molar-refractivity contribution < 1.29 is 4.42 Å². The van der Waals surface area contributed by atoms with Gasteiger partial charge in [-0.1, -0.05) is 133 Å². The molecule has 0 radical (unpaired) electrons. The first kappa shape index (κ1) is 24.9. The van der Waals surface area contributed by atoms with E-state index in [1.165, 1.54) is 11.1 Å². The van der Waals surface area contributed by atoms with Gasteiger partial charge in [-0.3, -0.25) is 0 Å². The maximum absolute atomic E-state index is 6.43. The Morgan fingerprint density at radius 3 is 1.42 bits per heavy atom. The number of benzene rings is 6. The van der Waals surface area contributed by atoms with E-state index in [1.807, 2.05) is 84.9 Å². The summed E-state index contributed by atoms with van der Waals surface area (Å²) >= 11 is 0. The maximum atomic E-state index is 6.43. The lowest BCUT2D eigenvalue weighted by Crippen LogP contribution is -2.00. The van der Waals surface area contributed by atoms with Gasteiger partial charge in [-0.2, -0.15) is 0 Å². The van der Waals surface area contributed by atoms with Crippen LogP contribution in [0.25, 0.3) is 78.4 Å². The van der Waals surface area contributed by atoms with E-state index in [4.69, 9.17) is 19.4 Å². The van der Waals surface area contributed by atoms with Crippen LogP contribution in [-0.2, 0) is 0 Å². The van der Waals surface area contributed by atoms with E-state index in [-0.39, 0.29) is 0 Å². The van der Waals surface area contributed by atoms with E-state index in [0.29, 0.717) is 17.5 Å². The molecular weight excluding hydrogens is 526 g/mol. The van der Waals surface area contributed by atoms with Crippen LogP contribution in [0.5, 0.6) is 0 Å². The monoisotopic (exact) mass is 551 g/mol. The summed E-state index contributed by atoms with van der Waals surface area (Å²) in [5, 5.41) is 2.02. The molecule has 8 rings (SSSR count). The molecule has 0 aliphatic heterocycles. The zero-order valence-electron chi connectivity index (χ0n) is 23.2. The van der Waals surface area contributed by atoms with Gasteiger partial charge in [-0.05, 0) is 40.5 Å². The molecule has 0 unspecified atom stereocenters. The summed E-state index contributed by atoms with van der Waals surface area (Å²) in [7, 11) is 0. The zero-order valence-corrected chi connectivity index (χ0v) is 23.2. The summed E-state index contributed by atoms with van der Waals surface area (Å²) < 4.78 is 6.43. The first-order valence-corrected chi connectivity index (χ1v) is 14.3. The van der Waals surface area contributed by atoms with E-state index < -0.39 is 0 Å². The van der Waals surface area contributed by atoms with E-state index in [2.05, 4.69) is 66.7 Å². The second-order valence-corrected chi connectivity index (χ2v) is 10.5. The van der Waals surface area contributed by atoms with Crippen LogP contribution in [0.15, 0.2) is 156 Å². The molecule has 4 heteroatoms. The Labute approximate surface area is 249 Å². The third kappa shape index (κ3) is 4.65. The lowest BCUT2D eigenvalue weighted by Gasteiger charge is -2.11. The molecule has 0 saturated heterocycles. The van der Waals surface area contributed by atoms with Crippen LogP contribution in [0, 0.1) is 0 Å². The number of aromatic nitrogens is 3. The summed E-state index contributed by atoms with van der Waals surface area (Å²) in [6.45, 7) is 0. The van der Waals surface area contributed by atoms with E-state index >= 15 is 0 Å². The lowest BCUT2D eigenvalue weighted by atomic mass is 9.96. The zero-order chi connectivity index (χ0) is 28.6. The van der Waals surface area contributed by atoms with Gasteiger partial charge >= 0.3 is 0 Å². The molecular formula is C39H25N3O. The number of hydrogen-bond donors (Lipinski definition) is 0. The normalized spacial score (nSPS) is 11.3. The second-order valence-electron chi connectivity index (χ2n) is 10.5. The quantitative estimate of drug-likeness (QED) is 0.214. The first-order chi connectivity index (χ1) is 21.3. The van der Waals surface area contributed by atoms with Crippen molar-refractivity contribution in [3.63, 3.8) is 0 Å². The number of para-hydroxylation sites is 1. The van der Waals surface area contributed by atoms with Gasteiger partial charge in [-0.15, -0.1) is 0 Å². The highest BCUT2D eigenvalue weighted by molar-refractivity contribution is 6.13. The van der Waals surface area contributed by atoms with Crippen LogP contribution in [0.1, 0.15) is 0 Å². The fourth-order valence-corrected chi connectivity index (χ4v) is 5.61. The van der Waals surface area contributed by atoms with Crippen molar-refractivity contribution in [3.05, 3.63) is 152 Å². The number of nitrogens with zero attached hydrogens (tertiary/aromatic N) is 3. The molecule has 0 atom stereocenters. The van der Waals surface area contributed by atoms with Crippen LogP contribution in [-0.4, -0.2) is 15.0 Å². The fourth-order valence-electron chi connectivity index (χ4n) is 5.61. The predicted octanol–water partition coefficient (Wildman–Crippen LogP) is 10.1. The van der Waals surface area contributed by atoms with Gasteiger partial charge in [0.15, 0.2) is 17.5 Å². The Morgan fingerprint density at radius 2 is 0.814 bits per heavy atom. The first-order valence-electron chi connectivity index (χ1n) is 14.3. The van der Waals surface area contributed by atoms with Gasteiger partial charge in [0, 0.05) is 27.5 Å². The summed E-state index contributed by atoms with van der Waals surface area (Å²) in [6.07, 6.45) is 0. The highest BCUT2D eigenvalue weighted by atomic mass is 16.3. The minimum Gasteiger partial charge on any atom is -0.456 e. The van der Waals surface area contributed by atoms with Crippen LogP contribution in [0.2, 0.25) is 0 Å². The van der Waals surface area contributed by atoms with E-state index in [9.17, 15) is 0 Å². The molecule has 0 bridgehead atoms. The standard InChI is InChI=1S/C39H25N3O/c1-4-12-26(13-5-1)27-20-22-28(23-21-27)31-24-33(36-32-18-10-11-19-34(32)43-35(36)25-31)39-41-37(29-14-6-2-7-15-29)40-38(42-39)30-16-8-3-9-17-30/h1-25H. The Bertz CT molecular complexity index is 2150. The highest BCUT2D eigenvalue weighted by Crippen LogP contribution is 2.40. The van der Waals surface area contributed by atoms with Crippen molar-refractivity contribution in [1.82, 2.24) is 15.0 Å². The van der Waals surface area contributed by atoms with Crippen molar-refractivity contribution in [2.45, 2.75) is 0 Å². The molecule has 0 saturated carbocycles. The molecule has 4 nitrogen and oxygen atoms in total. The molecule has 43 heavy (non-hydrogen) atoms. The van der Waals surface area contributed by atoms with Gasteiger partial charge in [0.25, 0.3) is 0 Å². The van der Waals surface area contributed by atoms with Crippen LogP contribution in [0.4, 0.5) is 0 Å². The molecule has 0 spiro atoms. The topological polar surface area (TPSA) is 51.8 Å². The third-order valence-corrected chi connectivity index (χ3v) is 7.74. The SMILES string of the molecule is c1ccc(-c2ccc(-c3cc(-c4nc(-c5ccccc5)nc(-c5ccccc5)n4)c4c(c3)oc3ccccc34)cc2)cc1. The third-order valence-electron chi connectivity index (χ3n) is 7.74. The van der Waals surface area contributed by atoms with E-state index in [0.717, 1.165) is 49.8 Å². The molecule has 2 heterocycles. The van der Waals surface area contributed by atoms with Crippen molar-refractivity contribution >= 4 is 21.9 Å². The summed E-state index contributed by atoms with van der Waals surface area (Å²) in [5.74, 6) is 1.86. The van der Waals surface area contributed by atoms with Crippen LogP contribution >= 0.6 is 0 Å². The molecule has 2 aromatic heterocycles. The van der Waals surface area contributed by atoms with Gasteiger partial charge in [-0.25, -0.2) is 15.0 Å². The average molecular weight is 552 g/mol. The summed E-state index contributed by atoms with van der Waals surface area (Å²) in [5.41, 5.74) is 8.88. The van der Waals surface area contributed by atoms with Gasteiger partial charge in [0.05, 0.1) is 0 Å². The number of hydrogen-bond acceptors (Lipinski definition) is 4. The highest BCUT2D eigenvalue weighted by Gasteiger charge is 2.19. The van der Waals surface area contributed by atoms with Crippen molar-refractivity contribution in [2.24, 2.45) is 0 Å². The number of rotatable bonds is 5. The maximum Gasteiger partial charge on any atom is 0.164 e. The predicted molar refractivity (Wildman–Crippen MR) is 174 cm³/mol. The largest absolute Gasteiger partial charge is 0.456 e. The minimum atomic E-state index is 0.604. The Kier molecular flexibility index (Phi) is 6.08. The molecule has 0 N–H and O–H groups in total. The smallest absolute Gasteiger partial charge is 0.164 e. The number of fused-ring (bicyclic) bond motifs is 3. The molecule has 0 amide bonds. The lowest BCUT2D eigenvalue weighted by molar-refractivity contribution is 0.669. The average Bonchev–Trinajstić information content (AvgIpc) is 3.47. The van der Waals surface area contributed by atoms with Crippen LogP contribution in [0.3, 0.4) is 0 Å². The number of furan rings is 1. The van der Waals surface area contributed by atoms with Gasteiger partial charge < -0.3 is 4.42 Å². The van der Waals surface area contributed by atoms with E-state index in [1.54, 1.807) is 0 Å². The molecule has 8 aromatic rings. The van der Waals surface area contributed by atoms with Gasteiger partial charge in [0.1, 0.15) is 11.2 Å². The Balaban J connectivity index is 1.37. The Hall–Kier alpha value is -5.87. The van der Waals surface area contributed by atoms with Crippen molar-refractivity contribution in [3.8, 4) is 56.4 Å². The second kappa shape index (κ2) is 10.5. The molecule has 6 aromatic carbocycles. The minimum absolute atomic E-state index is 0.604. The summed E-state index contributed by atoms with van der Waals surface area (Å²) in [6, 6.07) is 51.6. The molecule has 202 valence electrons. The molecule has 0 aliphatic rings. The van der Waals surface area contributed by atoms with Crippen molar-refractivity contribution in [1.29, 1.82) is 0 Å².